The number of nitriles is 1. The predicted molar refractivity (Wildman–Crippen MR) is 171 cm³/mol. The number of rotatable bonds is 8. The Balaban J connectivity index is 1.53. The third kappa shape index (κ3) is 6.26. The Morgan fingerprint density at radius 3 is 2.24 bits per heavy atom. The van der Waals surface area contributed by atoms with E-state index in [4.69, 9.17) is 4.28 Å². The number of aryl methyl sites for hydroxylation is 2. The number of hydrogen-bond donors (Lipinski definition) is 0. The van der Waals surface area contributed by atoms with Crippen LogP contribution in [0.4, 0.5) is 0 Å². The van der Waals surface area contributed by atoms with Crippen molar-refractivity contribution >= 4 is 51.3 Å². The highest BCUT2D eigenvalue weighted by Gasteiger charge is 2.42. The van der Waals surface area contributed by atoms with E-state index in [1.807, 2.05) is 61.7 Å². The van der Waals surface area contributed by atoms with Crippen molar-refractivity contribution in [2.45, 2.75) is 28.2 Å². The van der Waals surface area contributed by atoms with Crippen LogP contribution in [0, 0.1) is 25.2 Å². The van der Waals surface area contributed by atoms with Gasteiger partial charge in [0.1, 0.15) is 19.7 Å². The average molecular weight is 616 g/mol. The molecule has 4 aromatic rings. The second kappa shape index (κ2) is 12.6. The van der Waals surface area contributed by atoms with Crippen molar-refractivity contribution in [3.63, 3.8) is 0 Å². The molecule has 206 valence electrons. The number of benzene rings is 4. The second-order valence-electron chi connectivity index (χ2n) is 9.32. The highest BCUT2D eigenvalue weighted by Crippen LogP contribution is 2.38. The Morgan fingerprint density at radius 1 is 0.878 bits per heavy atom. The standard InChI is InChI=1S/C32H27N2O3S4/c1-22-15-17-27(18-16-22)41(35,36)34(31-20-26(21-33)39-32(31)38-3)37-40-25-11-8-10-24(19-25)29-13-6-7-14-30(29)28-12-5-4-9-23(28)2/h4-20,32H,1-3H3/q+1. The summed E-state index contributed by atoms with van der Waals surface area (Å²) in [6.07, 6.45) is 3.47. The van der Waals surface area contributed by atoms with Gasteiger partial charge in [-0.15, -0.1) is 11.8 Å². The predicted octanol–water partition coefficient (Wildman–Crippen LogP) is 8.26. The Bertz CT molecular complexity index is 1810. The van der Waals surface area contributed by atoms with Crippen LogP contribution in [0.1, 0.15) is 11.1 Å². The molecule has 41 heavy (non-hydrogen) atoms. The number of sulfonamides is 1. The van der Waals surface area contributed by atoms with Crippen LogP contribution in [0.3, 0.4) is 0 Å². The first-order valence-corrected chi connectivity index (χ1v) is 17.1. The zero-order chi connectivity index (χ0) is 29.0. The van der Waals surface area contributed by atoms with Crippen LogP contribution < -0.4 is 0 Å². The summed E-state index contributed by atoms with van der Waals surface area (Å²) in [5.74, 6) is 0. The lowest BCUT2D eigenvalue weighted by Crippen LogP contribution is -2.29. The summed E-state index contributed by atoms with van der Waals surface area (Å²) >= 11 is 3.73. The SMILES string of the molecule is CSC1SC(C#N)=CC1=[N+](OSc1cccc(-c2ccccc2-c2ccccc2C)c1)S(=O)(=O)c1ccc(C)cc1. The summed E-state index contributed by atoms with van der Waals surface area (Å²) in [5.41, 5.74) is 6.87. The molecular weight excluding hydrogens is 589 g/mol. The van der Waals surface area contributed by atoms with E-state index in [2.05, 4.69) is 37.3 Å². The molecule has 0 fully saturated rings. The molecule has 1 aliphatic rings. The van der Waals surface area contributed by atoms with E-state index in [0.29, 0.717) is 10.6 Å². The Morgan fingerprint density at radius 2 is 1.56 bits per heavy atom. The highest BCUT2D eigenvalue weighted by atomic mass is 32.2. The largest absolute Gasteiger partial charge is 0.440 e. The van der Waals surface area contributed by atoms with Gasteiger partial charge < -0.3 is 0 Å². The van der Waals surface area contributed by atoms with Crippen LogP contribution in [0.15, 0.2) is 118 Å². The molecule has 5 rings (SSSR count). The summed E-state index contributed by atoms with van der Waals surface area (Å²) in [7, 11) is -4.08. The molecule has 0 amide bonds. The zero-order valence-electron chi connectivity index (χ0n) is 22.6. The lowest BCUT2D eigenvalue weighted by molar-refractivity contribution is -0.617. The maximum atomic E-state index is 13.9. The first-order chi connectivity index (χ1) is 19.8. The van der Waals surface area contributed by atoms with E-state index >= 15 is 0 Å². The molecule has 0 spiro atoms. The fourth-order valence-electron chi connectivity index (χ4n) is 4.44. The van der Waals surface area contributed by atoms with E-state index < -0.39 is 10.0 Å². The third-order valence-electron chi connectivity index (χ3n) is 6.54. The molecule has 0 aliphatic carbocycles. The number of allylic oxidation sites excluding steroid dienone is 2. The van der Waals surface area contributed by atoms with Crippen molar-refractivity contribution in [3.8, 4) is 28.3 Å². The minimum Gasteiger partial charge on any atom is -0.192 e. The fourth-order valence-corrected chi connectivity index (χ4v) is 8.50. The van der Waals surface area contributed by atoms with E-state index in [-0.39, 0.29) is 9.48 Å². The molecule has 5 nitrogen and oxygen atoms in total. The first kappa shape index (κ1) is 29.1. The van der Waals surface area contributed by atoms with Crippen LogP contribution >= 0.6 is 35.6 Å². The van der Waals surface area contributed by atoms with Crippen molar-refractivity contribution < 1.29 is 16.8 Å². The molecule has 1 atom stereocenters. The summed E-state index contributed by atoms with van der Waals surface area (Å²) in [6, 6.07) is 33.2. The molecule has 0 bridgehead atoms. The smallest absolute Gasteiger partial charge is 0.192 e. The Labute approximate surface area is 254 Å². The molecule has 1 aliphatic heterocycles. The van der Waals surface area contributed by atoms with Gasteiger partial charge in [-0.05, 0) is 72.2 Å². The van der Waals surface area contributed by atoms with Crippen molar-refractivity contribution in [3.05, 3.63) is 119 Å². The molecule has 0 saturated carbocycles. The van der Waals surface area contributed by atoms with Crippen LogP contribution in [-0.2, 0) is 14.3 Å². The van der Waals surface area contributed by atoms with Crippen LogP contribution in [-0.4, -0.2) is 29.1 Å². The molecule has 0 N–H and O–H groups in total. The molecule has 1 heterocycles. The molecule has 0 aromatic heterocycles. The van der Waals surface area contributed by atoms with Gasteiger partial charge in [-0.2, -0.15) is 18.0 Å². The van der Waals surface area contributed by atoms with Gasteiger partial charge >= 0.3 is 10.0 Å². The molecule has 0 radical (unpaired) electrons. The normalized spacial score (nSPS) is 16.1. The summed E-state index contributed by atoms with van der Waals surface area (Å²) in [6.45, 7) is 4.00. The lowest BCUT2D eigenvalue weighted by Gasteiger charge is -2.13. The fraction of sp³-hybridized carbons (Fsp3) is 0.125. The van der Waals surface area contributed by atoms with Gasteiger partial charge in [-0.1, -0.05) is 90.1 Å². The molecule has 9 heteroatoms. The van der Waals surface area contributed by atoms with Crippen molar-refractivity contribution in [1.82, 2.24) is 0 Å². The van der Waals surface area contributed by atoms with Crippen LogP contribution in [0.2, 0.25) is 0 Å². The number of nitrogens with zero attached hydrogens (tertiary/aromatic N) is 2. The minimum atomic E-state index is -4.08. The Kier molecular flexibility index (Phi) is 8.95. The van der Waals surface area contributed by atoms with Gasteiger partial charge in [-0.3, -0.25) is 0 Å². The van der Waals surface area contributed by atoms with Gasteiger partial charge in [0, 0.05) is 6.08 Å². The summed E-state index contributed by atoms with van der Waals surface area (Å²) < 4.78 is 34.4. The van der Waals surface area contributed by atoms with Crippen LogP contribution in [0.5, 0.6) is 0 Å². The minimum absolute atomic E-state index is 0.112. The summed E-state index contributed by atoms with van der Waals surface area (Å²) in [5, 5.41) is 9.52. The van der Waals surface area contributed by atoms with E-state index in [9.17, 15) is 13.7 Å². The molecule has 0 saturated heterocycles. The van der Waals surface area contributed by atoms with Crippen molar-refractivity contribution in [1.29, 1.82) is 5.26 Å². The van der Waals surface area contributed by atoms with Gasteiger partial charge in [0.25, 0.3) is 5.71 Å². The Hall–Kier alpha value is -3.42. The number of hydrogen-bond acceptors (Lipinski definition) is 7. The maximum Gasteiger partial charge on any atom is 0.440 e. The molecule has 4 aromatic carbocycles. The van der Waals surface area contributed by atoms with Crippen molar-refractivity contribution in [2.75, 3.05) is 6.26 Å². The van der Waals surface area contributed by atoms with E-state index in [0.717, 1.165) is 48.9 Å². The van der Waals surface area contributed by atoms with Gasteiger partial charge in [0.2, 0.25) is 0 Å². The van der Waals surface area contributed by atoms with Gasteiger partial charge in [-0.25, -0.2) is 0 Å². The van der Waals surface area contributed by atoms with Gasteiger partial charge in [0.15, 0.2) is 12.0 Å². The maximum absolute atomic E-state index is 13.9. The third-order valence-corrected chi connectivity index (χ3v) is 11.3. The quantitative estimate of drug-likeness (QED) is 0.112. The number of thioether (sulfide) groups is 2. The summed E-state index contributed by atoms with van der Waals surface area (Å²) in [4.78, 5) is 1.29. The van der Waals surface area contributed by atoms with E-state index in [1.165, 1.54) is 29.1 Å². The monoisotopic (exact) mass is 615 g/mol. The van der Waals surface area contributed by atoms with Crippen molar-refractivity contribution in [2.24, 2.45) is 0 Å². The molecular formula is C32H27N2O3S4+. The lowest BCUT2D eigenvalue weighted by atomic mass is 9.92. The highest BCUT2D eigenvalue weighted by molar-refractivity contribution is 8.20. The topological polar surface area (TPSA) is 70.2 Å². The first-order valence-electron chi connectivity index (χ1n) is 12.7. The van der Waals surface area contributed by atoms with Crippen LogP contribution in [0.25, 0.3) is 22.3 Å². The average Bonchev–Trinajstić information content (AvgIpc) is 3.41. The second-order valence-corrected chi connectivity index (χ2v) is 14.3. The van der Waals surface area contributed by atoms with E-state index in [1.54, 1.807) is 30.3 Å². The zero-order valence-corrected chi connectivity index (χ0v) is 25.9. The van der Waals surface area contributed by atoms with Gasteiger partial charge in [0.05, 0.1) is 9.80 Å². The molecule has 1 unspecified atom stereocenters.